The van der Waals surface area contributed by atoms with Crippen molar-refractivity contribution in [2.24, 2.45) is 7.05 Å². The van der Waals surface area contributed by atoms with Gasteiger partial charge >= 0.3 is 0 Å². The number of Topliss-reactive ketones (excluding diaryl/α,β-unsaturated/α-hetero) is 1. The van der Waals surface area contributed by atoms with Crippen LogP contribution in [0.3, 0.4) is 0 Å². The van der Waals surface area contributed by atoms with Crippen LogP contribution in [0.2, 0.25) is 0 Å². The number of aromatic nitrogens is 1. The molecule has 1 aromatic heterocycles. The van der Waals surface area contributed by atoms with E-state index in [1.807, 2.05) is 13.8 Å². The van der Waals surface area contributed by atoms with Crippen LogP contribution >= 0.6 is 0 Å². The van der Waals surface area contributed by atoms with Gasteiger partial charge in [0, 0.05) is 13.5 Å². The average molecular weight is 421 g/mol. The van der Waals surface area contributed by atoms with Gasteiger partial charge in [0.25, 0.3) is 5.91 Å². The fraction of sp³-hybridized carbons (Fsp3) is 0.429. The molecule has 1 aromatic carbocycles. The van der Waals surface area contributed by atoms with Gasteiger partial charge in [0.15, 0.2) is 5.78 Å². The summed E-state index contributed by atoms with van der Waals surface area (Å²) in [5.74, 6) is -0.946. The lowest BCUT2D eigenvalue weighted by atomic mass is 10.1. The van der Waals surface area contributed by atoms with Crippen molar-refractivity contribution in [1.29, 1.82) is 0 Å². The first-order valence-electron chi connectivity index (χ1n) is 9.82. The lowest BCUT2D eigenvalue weighted by Crippen LogP contribution is -2.30. The molecule has 0 fully saturated rings. The zero-order valence-electron chi connectivity index (χ0n) is 17.6. The Morgan fingerprint density at radius 2 is 2.03 bits per heavy atom. The smallest absolute Gasteiger partial charge is 0.278 e. The largest absolute Gasteiger partial charge is 0.394 e. The third-order valence-corrected chi connectivity index (χ3v) is 4.62. The van der Waals surface area contributed by atoms with E-state index in [-0.39, 0.29) is 29.5 Å². The van der Waals surface area contributed by atoms with Gasteiger partial charge in [-0.2, -0.15) is 0 Å². The fourth-order valence-corrected chi connectivity index (χ4v) is 3.25. The van der Waals surface area contributed by atoms with E-state index in [9.17, 15) is 19.1 Å². The van der Waals surface area contributed by atoms with Crippen LogP contribution < -0.4 is 10.8 Å². The van der Waals surface area contributed by atoms with Gasteiger partial charge in [-0.25, -0.2) is 9.87 Å². The molecule has 9 heteroatoms. The molecule has 0 radical (unpaired) electrons. The van der Waals surface area contributed by atoms with E-state index in [4.69, 9.17) is 9.94 Å². The van der Waals surface area contributed by atoms with Gasteiger partial charge < -0.3 is 20.1 Å². The molecule has 8 nitrogen and oxygen atoms in total. The predicted octanol–water partition coefficient (Wildman–Crippen LogP) is 2.39. The SMILES string of the molecule is CC.Cc1ccc(Nc2c(C(=O)NOCC(O)CO)c3c(n2C)C(=O)CC3)c(F)c1. The fourth-order valence-electron chi connectivity index (χ4n) is 3.25. The summed E-state index contributed by atoms with van der Waals surface area (Å²) in [6.45, 7) is 4.95. The molecule has 0 bridgehead atoms. The Labute approximate surface area is 174 Å². The number of anilines is 2. The molecule has 1 aliphatic rings. The highest BCUT2D eigenvalue weighted by Crippen LogP contribution is 2.35. The number of amides is 1. The van der Waals surface area contributed by atoms with Crippen LogP contribution in [-0.4, -0.2) is 45.8 Å². The summed E-state index contributed by atoms with van der Waals surface area (Å²) in [6, 6.07) is 4.65. The molecule has 1 unspecified atom stereocenters. The summed E-state index contributed by atoms with van der Waals surface area (Å²) >= 11 is 0. The summed E-state index contributed by atoms with van der Waals surface area (Å²) in [5, 5.41) is 21.0. The van der Waals surface area contributed by atoms with E-state index >= 15 is 0 Å². The zero-order chi connectivity index (χ0) is 22.4. The number of hydrogen-bond acceptors (Lipinski definition) is 6. The van der Waals surface area contributed by atoms with Crippen molar-refractivity contribution in [2.45, 2.75) is 39.7 Å². The van der Waals surface area contributed by atoms with Gasteiger partial charge in [-0.15, -0.1) is 0 Å². The minimum Gasteiger partial charge on any atom is -0.394 e. The van der Waals surface area contributed by atoms with E-state index < -0.39 is 24.4 Å². The van der Waals surface area contributed by atoms with Gasteiger partial charge in [0.2, 0.25) is 0 Å². The molecule has 4 N–H and O–H groups in total. The second-order valence-electron chi connectivity index (χ2n) is 6.72. The van der Waals surface area contributed by atoms with Crippen LogP contribution in [-0.2, 0) is 18.3 Å². The molecule has 2 aromatic rings. The molecule has 0 aliphatic heterocycles. The van der Waals surface area contributed by atoms with Crippen molar-refractivity contribution >= 4 is 23.2 Å². The zero-order valence-corrected chi connectivity index (χ0v) is 17.6. The van der Waals surface area contributed by atoms with Crippen LogP contribution in [0.5, 0.6) is 0 Å². The minimum atomic E-state index is -1.14. The summed E-state index contributed by atoms with van der Waals surface area (Å²) in [5.41, 5.74) is 4.27. The number of carbonyl (C=O) groups excluding carboxylic acids is 2. The predicted molar refractivity (Wildman–Crippen MR) is 110 cm³/mol. The lowest BCUT2D eigenvalue weighted by molar-refractivity contribution is -0.0295. The average Bonchev–Trinajstić information content (AvgIpc) is 3.23. The molecule has 0 spiro atoms. The number of nitrogens with one attached hydrogen (secondary N) is 2. The molecule has 0 saturated heterocycles. The van der Waals surface area contributed by atoms with Crippen LogP contribution in [0.15, 0.2) is 18.2 Å². The number of hydroxylamine groups is 1. The first-order chi connectivity index (χ1) is 14.3. The quantitative estimate of drug-likeness (QED) is 0.511. The van der Waals surface area contributed by atoms with Gasteiger partial charge in [-0.3, -0.25) is 14.4 Å². The lowest BCUT2D eigenvalue weighted by Gasteiger charge is -2.14. The Morgan fingerprint density at radius 3 is 2.67 bits per heavy atom. The molecule has 1 amide bonds. The monoisotopic (exact) mass is 421 g/mol. The highest BCUT2D eigenvalue weighted by atomic mass is 19.1. The third kappa shape index (κ3) is 4.86. The number of nitrogens with zero attached hydrogens (tertiary/aromatic N) is 1. The Balaban J connectivity index is 0.00000155. The Morgan fingerprint density at radius 1 is 1.33 bits per heavy atom. The van der Waals surface area contributed by atoms with Gasteiger partial charge in [-0.05, 0) is 36.6 Å². The van der Waals surface area contributed by atoms with Gasteiger partial charge in [-0.1, -0.05) is 19.9 Å². The summed E-state index contributed by atoms with van der Waals surface area (Å²) in [4.78, 5) is 29.9. The molecule has 1 atom stereocenters. The Hall–Kier alpha value is -2.75. The molecule has 30 heavy (non-hydrogen) atoms. The van der Waals surface area contributed by atoms with Crippen molar-refractivity contribution in [2.75, 3.05) is 18.5 Å². The molecule has 1 heterocycles. The van der Waals surface area contributed by atoms with Crippen molar-refractivity contribution in [3.63, 3.8) is 0 Å². The molecule has 1 aliphatic carbocycles. The van der Waals surface area contributed by atoms with Crippen LogP contribution in [0.25, 0.3) is 0 Å². The topological polar surface area (TPSA) is 113 Å². The van der Waals surface area contributed by atoms with Gasteiger partial charge in [0.1, 0.15) is 24.3 Å². The second kappa shape index (κ2) is 10.3. The Bertz CT molecular complexity index is 926. The minimum absolute atomic E-state index is 0.0967. The maximum Gasteiger partial charge on any atom is 0.278 e. The van der Waals surface area contributed by atoms with E-state index in [1.165, 1.54) is 6.07 Å². The number of benzene rings is 1. The highest BCUT2D eigenvalue weighted by molar-refractivity contribution is 6.09. The number of hydrogen-bond donors (Lipinski definition) is 4. The van der Waals surface area contributed by atoms with E-state index in [0.29, 0.717) is 24.1 Å². The van der Waals surface area contributed by atoms with Crippen molar-refractivity contribution in [3.8, 4) is 0 Å². The van der Waals surface area contributed by atoms with E-state index in [0.717, 1.165) is 5.56 Å². The molecular formula is C21H28FN3O5. The number of aryl methyl sites for hydroxylation is 1. The summed E-state index contributed by atoms with van der Waals surface area (Å²) in [6.07, 6.45) is -0.452. The second-order valence-corrected chi connectivity index (χ2v) is 6.72. The number of aliphatic hydroxyl groups excluding tert-OH is 2. The first-order valence-corrected chi connectivity index (χ1v) is 9.82. The van der Waals surface area contributed by atoms with Crippen molar-refractivity contribution < 1.29 is 29.0 Å². The summed E-state index contributed by atoms with van der Waals surface area (Å²) < 4.78 is 15.8. The number of rotatable bonds is 7. The normalized spacial score (nSPS) is 13.4. The summed E-state index contributed by atoms with van der Waals surface area (Å²) in [7, 11) is 1.63. The number of carbonyl (C=O) groups is 2. The number of ketones is 1. The molecule has 0 saturated carbocycles. The molecule has 3 rings (SSSR count). The maximum atomic E-state index is 14.3. The number of aliphatic hydroxyl groups is 2. The first kappa shape index (κ1) is 23.5. The van der Waals surface area contributed by atoms with Crippen LogP contribution in [0, 0.1) is 12.7 Å². The van der Waals surface area contributed by atoms with Gasteiger partial charge in [0.05, 0.1) is 23.6 Å². The highest BCUT2D eigenvalue weighted by Gasteiger charge is 2.33. The van der Waals surface area contributed by atoms with Crippen molar-refractivity contribution in [3.05, 3.63) is 46.4 Å². The van der Waals surface area contributed by atoms with Crippen LogP contribution in [0.1, 0.15) is 52.2 Å². The third-order valence-electron chi connectivity index (χ3n) is 4.62. The van der Waals surface area contributed by atoms with E-state index in [1.54, 1.807) is 30.7 Å². The van der Waals surface area contributed by atoms with E-state index in [2.05, 4.69) is 10.8 Å². The Kier molecular flexibility index (Phi) is 8.10. The molecular weight excluding hydrogens is 393 g/mol. The maximum absolute atomic E-state index is 14.3. The standard InChI is InChI=1S/C19H22FN3O5.C2H6/c1-10-3-5-14(13(20)7-10)21-18-16(19(27)22-28-9-11(25)8-24)12-4-6-15(26)17(12)23(18)2;1-2/h3,5,7,11,21,24-25H,4,6,8-9H2,1-2H3,(H,22,27);1-2H3. The number of fused-ring (bicyclic) bond motifs is 1. The molecule has 164 valence electrons. The number of halogens is 1. The van der Waals surface area contributed by atoms with Crippen molar-refractivity contribution in [1.82, 2.24) is 10.0 Å². The van der Waals surface area contributed by atoms with Crippen LogP contribution in [0.4, 0.5) is 15.9 Å².